The molecule has 0 N–H and O–H groups in total. The molecule has 0 radical (unpaired) electrons. The predicted octanol–water partition coefficient (Wildman–Crippen LogP) is 2.02. The Morgan fingerprint density at radius 1 is 1.36 bits per heavy atom. The minimum Gasteiger partial charge on any atom is -0.332 e. The summed E-state index contributed by atoms with van der Waals surface area (Å²) in [6.45, 7) is 2.64. The first-order valence-electron chi connectivity index (χ1n) is 4.68. The predicted molar refractivity (Wildman–Crippen MR) is 56.1 cm³/mol. The summed E-state index contributed by atoms with van der Waals surface area (Å²) in [4.78, 5) is 13.2. The second-order valence-electron chi connectivity index (χ2n) is 3.59. The van der Waals surface area contributed by atoms with Crippen LogP contribution in [0.2, 0.25) is 0 Å². The summed E-state index contributed by atoms with van der Waals surface area (Å²) in [6, 6.07) is 10.1. The molecule has 0 aromatic heterocycles. The number of hydrogen-bond acceptors (Lipinski definition) is 1. The van der Waals surface area contributed by atoms with E-state index in [0.29, 0.717) is 6.54 Å². The van der Waals surface area contributed by atoms with E-state index in [2.05, 4.69) is 0 Å². The first-order valence-corrected chi connectivity index (χ1v) is 5.12. The van der Waals surface area contributed by atoms with Crippen LogP contribution in [0.1, 0.15) is 12.5 Å². The maximum atomic E-state index is 11.4. The smallest absolute Gasteiger partial charge is 0.243 e. The molecule has 1 saturated heterocycles. The molecule has 1 amide bonds. The Labute approximate surface area is 88.5 Å². The van der Waals surface area contributed by atoms with Crippen molar-refractivity contribution in [3.05, 3.63) is 35.9 Å². The fourth-order valence-electron chi connectivity index (χ4n) is 1.64. The highest BCUT2D eigenvalue weighted by atomic mass is 35.5. The van der Waals surface area contributed by atoms with Gasteiger partial charge in [-0.3, -0.25) is 4.79 Å². The van der Waals surface area contributed by atoms with Crippen molar-refractivity contribution >= 4 is 17.5 Å². The summed E-state index contributed by atoms with van der Waals surface area (Å²) in [6.07, 6.45) is 0. The average molecular weight is 210 g/mol. The van der Waals surface area contributed by atoms with Gasteiger partial charge < -0.3 is 4.90 Å². The fourth-order valence-corrected chi connectivity index (χ4v) is 1.90. The number of amides is 1. The highest BCUT2D eigenvalue weighted by molar-refractivity contribution is 6.33. The lowest BCUT2D eigenvalue weighted by Gasteiger charge is -2.42. The molecule has 2 nitrogen and oxygen atoms in total. The fraction of sp³-hybridized carbons (Fsp3) is 0.364. The SMILES string of the molecule is C[C@@H]1[C@H](Cl)C(=O)N1Cc1ccccc1. The number of hydrogen-bond donors (Lipinski definition) is 0. The van der Waals surface area contributed by atoms with Crippen LogP contribution in [0.25, 0.3) is 0 Å². The summed E-state index contributed by atoms with van der Waals surface area (Å²) >= 11 is 5.82. The van der Waals surface area contributed by atoms with Gasteiger partial charge in [-0.2, -0.15) is 0 Å². The summed E-state index contributed by atoms with van der Waals surface area (Å²) in [7, 11) is 0. The van der Waals surface area contributed by atoms with Gasteiger partial charge in [0, 0.05) is 6.54 Å². The van der Waals surface area contributed by atoms with E-state index in [1.807, 2.05) is 37.3 Å². The minimum absolute atomic E-state index is 0.0445. The standard InChI is InChI=1S/C11H12ClNO/c1-8-10(12)11(14)13(8)7-9-5-3-2-4-6-9/h2-6,8,10H,7H2,1H3/t8-,10+/m1/s1. The van der Waals surface area contributed by atoms with Crippen LogP contribution >= 0.6 is 11.6 Å². The van der Waals surface area contributed by atoms with Crippen molar-refractivity contribution in [1.82, 2.24) is 4.90 Å². The van der Waals surface area contributed by atoms with Gasteiger partial charge in [0.2, 0.25) is 5.91 Å². The number of likely N-dealkylation sites (tertiary alicyclic amines) is 1. The van der Waals surface area contributed by atoms with E-state index in [-0.39, 0.29) is 17.3 Å². The molecule has 0 bridgehead atoms. The third-order valence-corrected chi connectivity index (χ3v) is 3.18. The number of β-lactam (4-membered cyclic amide) rings is 1. The van der Waals surface area contributed by atoms with Crippen LogP contribution in [-0.4, -0.2) is 22.2 Å². The molecular weight excluding hydrogens is 198 g/mol. The quantitative estimate of drug-likeness (QED) is 0.539. The van der Waals surface area contributed by atoms with Gasteiger partial charge in [0.15, 0.2) is 0 Å². The van der Waals surface area contributed by atoms with Crippen molar-refractivity contribution in [1.29, 1.82) is 0 Å². The Kier molecular flexibility index (Phi) is 2.46. The molecule has 1 aliphatic rings. The third-order valence-electron chi connectivity index (χ3n) is 2.63. The molecule has 1 fully saturated rings. The Morgan fingerprint density at radius 2 is 2.00 bits per heavy atom. The van der Waals surface area contributed by atoms with Crippen molar-refractivity contribution in [3.63, 3.8) is 0 Å². The van der Waals surface area contributed by atoms with Crippen molar-refractivity contribution in [2.24, 2.45) is 0 Å². The van der Waals surface area contributed by atoms with Crippen LogP contribution in [0, 0.1) is 0 Å². The summed E-state index contributed by atoms with van der Waals surface area (Å²) in [5.41, 5.74) is 1.15. The van der Waals surface area contributed by atoms with Gasteiger partial charge in [-0.25, -0.2) is 0 Å². The number of halogens is 1. The molecule has 14 heavy (non-hydrogen) atoms. The molecule has 3 heteroatoms. The topological polar surface area (TPSA) is 20.3 Å². The summed E-state index contributed by atoms with van der Waals surface area (Å²) in [5, 5.41) is -0.321. The molecule has 2 rings (SSSR count). The van der Waals surface area contributed by atoms with Crippen LogP contribution < -0.4 is 0 Å². The maximum absolute atomic E-state index is 11.4. The Hall–Kier alpha value is -1.02. The van der Waals surface area contributed by atoms with Gasteiger partial charge >= 0.3 is 0 Å². The second kappa shape index (κ2) is 3.62. The molecule has 0 spiro atoms. The number of carbonyl (C=O) groups is 1. The van der Waals surface area contributed by atoms with E-state index in [1.54, 1.807) is 4.90 Å². The van der Waals surface area contributed by atoms with E-state index in [0.717, 1.165) is 5.56 Å². The molecule has 0 unspecified atom stereocenters. The second-order valence-corrected chi connectivity index (χ2v) is 4.06. The van der Waals surface area contributed by atoms with Crippen molar-refractivity contribution in [2.75, 3.05) is 0 Å². The monoisotopic (exact) mass is 209 g/mol. The Bertz CT molecular complexity index is 338. The van der Waals surface area contributed by atoms with Crippen LogP contribution in [0.3, 0.4) is 0 Å². The first-order chi connectivity index (χ1) is 6.70. The number of alkyl halides is 1. The highest BCUT2D eigenvalue weighted by Gasteiger charge is 2.42. The van der Waals surface area contributed by atoms with E-state index in [4.69, 9.17) is 11.6 Å². The van der Waals surface area contributed by atoms with Gasteiger partial charge in [-0.05, 0) is 12.5 Å². The lowest BCUT2D eigenvalue weighted by Crippen LogP contribution is -2.60. The molecule has 0 aliphatic carbocycles. The minimum atomic E-state index is -0.321. The van der Waals surface area contributed by atoms with E-state index in [1.165, 1.54) is 0 Å². The molecule has 2 atom stereocenters. The van der Waals surface area contributed by atoms with Gasteiger partial charge in [-0.15, -0.1) is 11.6 Å². The van der Waals surface area contributed by atoms with Gasteiger partial charge in [-0.1, -0.05) is 30.3 Å². The van der Waals surface area contributed by atoms with Gasteiger partial charge in [0.25, 0.3) is 0 Å². The zero-order chi connectivity index (χ0) is 10.1. The van der Waals surface area contributed by atoms with Crippen LogP contribution in [0.4, 0.5) is 0 Å². The summed E-state index contributed by atoms with van der Waals surface area (Å²) in [5.74, 6) is 0.0445. The normalized spacial score (nSPS) is 26.1. The number of rotatable bonds is 2. The first kappa shape index (κ1) is 9.53. The lowest BCUT2D eigenvalue weighted by atomic mass is 10.0. The number of nitrogens with zero attached hydrogens (tertiary/aromatic N) is 1. The van der Waals surface area contributed by atoms with Crippen LogP contribution in [-0.2, 0) is 11.3 Å². The molecule has 1 aromatic carbocycles. The zero-order valence-electron chi connectivity index (χ0n) is 7.98. The van der Waals surface area contributed by atoms with E-state index in [9.17, 15) is 4.79 Å². The maximum Gasteiger partial charge on any atom is 0.243 e. The number of carbonyl (C=O) groups excluding carboxylic acids is 1. The molecule has 1 aliphatic heterocycles. The molecule has 74 valence electrons. The molecule has 1 aromatic rings. The van der Waals surface area contributed by atoms with Crippen LogP contribution in [0.5, 0.6) is 0 Å². The van der Waals surface area contributed by atoms with Gasteiger partial charge in [0.05, 0.1) is 6.04 Å². The Morgan fingerprint density at radius 3 is 2.57 bits per heavy atom. The van der Waals surface area contributed by atoms with Crippen molar-refractivity contribution < 1.29 is 4.79 Å². The van der Waals surface area contributed by atoms with Gasteiger partial charge in [0.1, 0.15) is 5.38 Å². The largest absolute Gasteiger partial charge is 0.332 e. The zero-order valence-corrected chi connectivity index (χ0v) is 8.74. The third kappa shape index (κ3) is 1.50. The number of benzene rings is 1. The van der Waals surface area contributed by atoms with Crippen molar-refractivity contribution in [3.8, 4) is 0 Å². The van der Waals surface area contributed by atoms with E-state index < -0.39 is 0 Å². The van der Waals surface area contributed by atoms with Crippen molar-refractivity contribution in [2.45, 2.75) is 24.9 Å². The molecular formula is C11H12ClNO. The van der Waals surface area contributed by atoms with Crippen LogP contribution in [0.15, 0.2) is 30.3 Å². The molecule has 1 heterocycles. The summed E-state index contributed by atoms with van der Waals surface area (Å²) < 4.78 is 0. The Balaban J connectivity index is 2.03. The average Bonchev–Trinajstić information content (AvgIpc) is 2.26. The highest BCUT2D eigenvalue weighted by Crippen LogP contribution is 2.26. The van der Waals surface area contributed by atoms with E-state index >= 15 is 0 Å². The lowest BCUT2D eigenvalue weighted by molar-refractivity contribution is -0.145. The molecule has 0 saturated carbocycles.